The minimum atomic E-state index is -2.27. The van der Waals surface area contributed by atoms with Crippen LogP contribution in [-0.4, -0.2) is 34.4 Å². The molecule has 1 aromatic heterocycles. The number of alkyl halides is 2. The predicted octanol–water partition coefficient (Wildman–Crippen LogP) is 1.90. The maximum Gasteiger partial charge on any atom is 0.251 e. The smallest absolute Gasteiger partial charge is 0.251 e. The molecule has 0 saturated carbocycles. The van der Waals surface area contributed by atoms with E-state index in [1.165, 1.54) is 0 Å². The first-order valence-corrected chi connectivity index (χ1v) is 5.15. The van der Waals surface area contributed by atoms with Gasteiger partial charge in [0, 0.05) is 18.7 Å². The Morgan fingerprint density at radius 2 is 2.33 bits per heavy atom. The van der Waals surface area contributed by atoms with Gasteiger partial charge in [-0.1, -0.05) is 0 Å². The lowest BCUT2D eigenvalue weighted by Crippen LogP contribution is -2.37. The lowest BCUT2D eigenvalue weighted by molar-refractivity contribution is 0.0643. The fourth-order valence-electron chi connectivity index (χ4n) is 2.14. The Morgan fingerprint density at radius 3 is 3.00 bits per heavy atom. The van der Waals surface area contributed by atoms with Crippen LogP contribution < -0.4 is 0 Å². The summed E-state index contributed by atoms with van der Waals surface area (Å²) in [4.78, 5) is 9.31. The molecule has 5 heteroatoms. The van der Waals surface area contributed by atoms with E-state index in [0.29, 0.717) is 6.54 Å². The van der Waals surface area contributed by atoms with E-state index in [1.54, 1.807) is 4.90 Å². The van der Waals surface area contributed by atoms with E-state index >= 15 is 0 Å². The van der Waals surface area contributed by atoms with Crippen LogP contribution in [0.25, 0.3) is 0 Å². The number of hydrogen-bond donors (Lipinski definition) is 1. The second-order valence-electron chi connectivity index (χ2n) is 4.00. The summed E-state index contributed by atoms with van der Waals surface area (Å²) in [7, 11) is 0. The Kier molecular flexibility index (Phi) is 2.73. The standard InChI is InChI=1S/C10H15F2N3/c1-6-10-8(13-7(2)14-10)3-4-15(6)5-9(11)12/h6,9H,3-5H2,1-2H3,(H,13,14). The highest BCUT2D eigenvalue weighted by atomic mass is 19.3. The number of aromatic amines is 1. The van der Waals surface area contributed by atoms with Crippen LogP contribution >= 0.6 is 0 Å². The number of nitrogens with zero attached hydrogens (tertiary/aromatic N) is 2. The van der Waals surface area contributed by atoms with Crippen LogP contribution in [0.4, 0.5) is 8.78 Å². The van der Waals surface area contributed by atoms with Gasteiger partial charge in [0.1, 0.15) is 5.82 Å². The summed E-state index contributed by atoms with van der Waals surface area (Å²) in [6.07, 6.45) is -1.48. The van der Waals surface area contributed by atoms with Crippen molar-refractivity contribution in [3.8, 4) is 0 Å². The number of nitrogens with one attached hydrogen (secondary N) is 1. The van der Waals surface area contributed by atoms with Crippen molar-refractivity contribution in [3.63, 3.8) is 0 Å². The van der Waals surface area contributed by atoms with Crippen LogP contribution in [0, 0.1) is 6.92 Å². The first-order valence-electron chi connectivity index (χ1n) is 5.15. The molecule has 84 valence electrons. The van der Waals surface area contributed by atoms with Crippen molar-refractivity contribution in [3.05, 3.63) is 17.2 Å². The average molecular weight is 215 g/mol. The molecule has 1 aliphatic rings. The highest BCUT2D eigenvalue weighted by Crippen LogP contribution is 2.27. The van der Waals surface area contributed by atoms with Gasteiger partial charge in [0.2, 0.25) is 0 Å². The van der Waals surface area contributed by atoms with Crippen molar-refractivity contribution in [2.24, 2.45) is 0 Å². The van der Waals surface area contributed by atoms with E-state index in [4.69, 9.17) is 0 Å². The zero-order chi connectivity index (χ0) is 11.0. The maximum absolute atomic E-state index is 12.3. The number of imidazole rings is 1. The van der Waals surface area contributed by atoms with E-state index < -0.39 is 6.43 Å². The third-order valence-corrected chi connectivity index (χ3v) is 2.89. The number of rotatable bonds is 2. The quantitative estimate of drug-likeness (QED) is 0.817. The van der Waals surface area contributed by atoms with Gasteiger partial charge in [-0.05, 0) is 13.8 Å². The van der Waals surface area contributed by atoms with Gasteiger partial charge in [0.05, 0.1) is 18.3 Å². The summed E-state index contributed by atoms with van der Waals surface area (Å²) < 4.78 is 24.6. The predicted molar refractivity (Wildman–Crippen MR) is 53.0 cm³/mol. The Hall–Kier alpha value is -0.970. The van der Waals surface area contributed by atoms with Gasteiger partial charge in [-0.25, -0.2) is 13.8 Å². The molecule has 3 nitrogen and oxygen atoms in total. The first kappa shape index (κ1) is 10.5. The Bertz CT molecular complexity index is 348. The molecular formula is C10H15F2N3. The largest absolute Gasteiger partial charge is 0.346 e. The molecule has 0 spiro atoms. The Morgan fingerprint density at radius 1 is 1.60 bits per heavy atom. The number of aromatic nitrogens is 2. The molecule has 0 radical (unpaired) electrons. The molecule has 0 aromatic carbocycles. The topological polar surface area (TPSA) is 31.9 Å². The molecule has 0 amide bonds. The summed E-state index contributed by atoms with van der Waals surface area (Å²) in [6, 6.07) is -0.00676. The van der Waals surface area contributed by atoms with E-state index in [2.05, 4.69) is 9.97 Å². The van der Waals surface area contributed by atoms with Crippen LogP contribution in [0.2, 0.25) is 0 Å². The fourth-order valence-corrected chi connectivity index (χ4v) is 2.14. The normalized spacial score (nSPS) is 22.1. The molecule has 1 aliphatic heterocycles. The number of H-pyrrole nitrogens is 1. The van der Waals surface area contributed by atoms with E-state index in [9.17, 15) is 8.78 Å². The van der Waals surface area contributed by atoms with Gasteiger partial charge in [0.15, 0.2) is 0 Å². The number of hydrogen-bond acceptors (Lipinski definition) is 2. The van der Waals surface area contributed by atoms with E-state index in [1.807, 2.05) is 13.8 Å². The van der Waals surface area contributed by atoms with Crippen molar-refractivity contribution in [2.45, 2.75) is 32.7 Å². The van der Waals surface area contributed by atoms with Gasteiger partial charge < -0.3 is 4.98 Å². The van der Waals surface area contributed by atoms with Crippen molar-refractivity contribution >= 4 is 0 Å². The molecule has 1 N–H and O–H groups in total. The summed E-state index contributed by atoms with van der Waals surface area (Å²) in [5, 5.41) is 0. The molecule has 2 heterocycles. The Balaban J connectivity index is 2.17. The first-order chi connectivity index (χ1) is 7.08. The maximum atomic E-state index is 12.3. The molecule has 0 fully saturated rings. The van der Waals surface area contributed by atoms with Crippen LogP contribution in [-0.2, 0) is 6.42 Å². The van der Waals surface area contributed by atoms with Gasteiger partial charge in [-0.15, -0.1) is 0 Å². The van der Waals surface area contributed by atoms with Gasteiger partial charge >= 0.3 is 0 Å². The van der Waals surface area contributed by atoms with E-state index in [0.717, 1.165) is 23.6 Å². The molecule has 0 bridgehead atoms. The highest BCUT2D eigenvalue weighted by molar-refractivity contribution is 5.21. The van der Waals surface area contributed by atoms with Crippen LogP contribution in [0.3, 0.4) is 0 Å². The molecule has 1 aromatic rings. The van der Waals surface area contributed by atoms with Crippen molar-refractivity contribution in [1.82, 2.24) is 14.9 Å². The summed E-state index contributed by atoms with van der Waals surface area (Å²) >= 11 is 0. The van der Waals surface area contributed by atoms with E-state index in [-0.39, 0.29) is 12.6 Å². The van der Waals surface area contributed by atoms with Gasteiger partial charge in [-0.2, -0.15) is 0 Å². The molecule has 2 rings (SSSR count). The third-order valence-electron chi connectivity index (χ3n) is 2.89. The van der Waals surface area contributed by atoms with Crippen molar-refractivity contribution < 1.29 is 8.78 Å². The second-order valence-corrected chi connectivity index (χ2v) is 4.00. The van der Waals surface area contributed by atoms with Crippen molar-refractivity contribution in [1.29, 1.82) is 0 Å². The SMILES string of the molecule is Cc1nc2c([nH]1)CCN(CC(F)F)C2C. The third kappa shape index (κ3) is 2.02. The number of halogens is 2. The van der Waals surface area contributed by atoms with Crippen LogP contribution in [0.5, 0.6) is 0 Å². The van der Waals surface area contributed by atoms with Gasteiger partial charge in [-0.3, -0.25) is 4.90 Å². The minimum Gasteiger partial charge on any atom is -0.346 e. The average Bonchev–Trinajstić information content (AvgIpc) is 2.51. The van der Waals surface area contributed by atoms with Crippen LogP contribution in [0.1, 0.15) is 30.2 Å². The number of aryl methyl sites for hydroxylation is 1. The second kappa shape index (κ2) is 3.89. The Labute approximate surface area is 87.5 Å². The highest BCUT2D eigenvalue weighted by Gasteiger charge is 2.28. The monoisotopic (exact) mass is 215 g/mol. The van der Waals surface area contributed by atoms with Crippen molar-refractivity contribution in [2.75, 3.05) is 13.1 Å². The lowest BCUT2D eigenvalue weighted by Gasteiger charge is -2.31. The fraction of sp³-hybridized carbons (Fsp3) is 0.700. The minimum absolute atomic E-state index is 0.00676. The molecule has 1 unspecified atom stereocenters. The summed E-state index contributed by atoms with van der Waals surface area (Å²) in [6.45, 7) is 4.34. The van der Waals surface area contributed by atoms with Crippen LogP contribution in [0.15, 0.2) is 0 Å². The molecule has 1 atom stereocenters. The summed E-state index contributed by atoms with van der Waals surface area (Å²) in [5.41, 5.74) is 2.03. The molecular weight excluding hydrogens is 200 g/mol. The molecule has 15 heavy (non-hydrogen) atoms. The molecule has 0 aliphatic carbocycles. The number of fused-ring (bicyclic) bond motifs is 1. The van der Waals surface area contributed by atoms with Gasteiger partial charge in [0.25, 0.3) is 6.43 Å². The lowest BCUT2D eigenvalue weighted by atomic mass is 10.0. The summed E-state index contributed by atoms with van der Waals surface area (Å²) in [5.74, 6) is 0.866. The zero-order valence-electron chi connectivity index (χ0n) is 8.93. The molecule has 0 saturated heterocycles. The zero-order valence-corrected chi connectivity index (χ0v) is 8.93.